The van der Waals surface area contributed by atoms with Crippen LogP contribution in [0.4, 0.5) is 0 Å². The molecule has 1 aliphatic heterocycles. The van der Waals surface area contributed by atoms with E-state index in [2.05, 4.69) is 33.4 Å². The number of rotatable bonds is 8. The van der Waals surface area contributed by atoms with E-state index in [0.717, 1.165) is 18.7 Å². The van der Waals surface area contributed by atoms with Gasteiger partial charge in [-0.15, -0.1) is 0 Å². The Morgan fingerprint density at radius 3 is 2.62 bits per heavy atom. The van der Waals surface area contributed by atoms with Crippen LogP contribution in [-0.2, 0) is 6.54 Å². The lowest BCUT2D eigenvalue weighted by Crippen LogP contribution is -2.29. The standard InChI is InChI=1S/C23H28N4O2/c24-19-26-23(29-21-10-3-1-4-11-21)25-13-8-16-28-22-12-7-9-20(17-22)18-27-14-5-2-6-15-27/h1,3-4,7,9-12,17H,2,5-6,8,13-16,18H2,(H,25,26). The molecular weight excluding hydrogens is 364 g/mol. The molecule has 152 valence electrons. The largest absolute Gasteiger partial charge is 0.494 e. The number of para-hydroxylation sites is 1. The minimum absolute atomic E-state index is 0.197. The van der Waals surface area contributed by atoms with Crippen LogP contribution in [0.3, 0.4) is 0 Å². The molecule has 0 unspecified atom stereocenters. The van der Waals surface area contributed by atoms with Crippen LogP contribution in [0.2, 0.25) is 0 Å². The summed E-state index contributed by atoms with van der Waals surface area (Å²) in [6, 6.07) is 17.8. The van der Waals surface area contributed by atoms with Crippen LogP contribution in [0.1, 0.15) is 31.2 Å². The molecular formula is C23H28N4O2. The fourth-order valence-electron chi connectivity index (χ4n) is 3.29. The number of nitriles is 1. The molecule has 0 amide bonds. The molecule has 0 radical (unpaired) electrons. The Morgan fingerprint density at radius 1 is 1.03 bits per heavy atom. The predicted molar refractivity (Wildman–Crippen MR) is 114 cm³/mol. The molecule has 2 aromatic carbocycles. The lowest BCUT2D eigenvalue weighted by Gasteiger charge is -2.26. The number of nitrogens with zero attached hydrogens (tertiary/aromatic N) is 3. The third-order valence-electron chi connectivity index (χ3n) is 4.70. The quantitative estimate of drug-likeness (QED) is 0.242. The van der Waals surface area contributed by atoms with Crippen molar-refractivity contribution in [2.75, 3.05) is 26.2 Å². The number of piperidine rings is 1. The molecule has 2 aromatic rings. The van der Waals surface area contributed by atoms with Gasteiger partial charge < -0.3 is 9.47 Å². The molecule has 1 heterocycles. The highest BCUT2D eigenvalue weighted by atomic mass is 16.5. The first kappa shape index (κ1) is 20.7. The fourth-order valence-corrected chi connectivity index (χ4v) is 3.29. The first-order valence-electron chi connectivity index (χ1n) is 10.2. The maximum absolute atomic E-state index is 8.86. The minimum atomic E-state index is 0.197. The summed E-state index contributed by atoms with van der Waals surface area (Å²) in [4.78, 5) is 6.82. The van der Waals surface area contributed by atoms with Crippen LogP contribution in [0, 0.1) is 11.5 Å². The zero-order valence-electron chi connectivity index (χ0n) is 16.7. The molecule has 1 aliphatic rings. The average molecular weight is 393 g/mol. The van der Waals surface area contributed by atoms with Gasteiger partial charge in [0.05, 0.1) is 6.61 Å². The van der Waals surface area contributed by atoms with Crippen molar-refractivity contribution in [2.45, 2.75) is 32.2 Å². The highest BCUT2D eigenvalue weighted by Crippen LogP contribution is 2.17. The second-order valence-corrected chi connectivity index (χ2v) is 7.03. The van der Waals surface area contributed by atoms with Crippen molar-refractivity contribution in [3.05, 3.63) is 60.2 Å². The molecule has 1 fully saturated rings. The number of ether oxygens (including phenoxy) is 2. The van der Waals surface area contributed by atoms with Crippen LogP contribution in [-0.4, -0.2) is 37.2 Å². The predicted octanol–water partition coefficient (Wildman–Crippen LogP) is 3.95. The maximum atomic E-state index is 8.86. The number of hydrogen-bond donors (Lipinski definition) is 1. The van der Waals surface area contributed by atoms with Gasteiger partial charge in [0.2, 0.25) is 0 Å². The molecule has 1 saturated heterocycles. The van der Waals surface area contributed by atoms with Crippen molar-refractivity contribution in [3.8, 4) is 17.7 Å². The highest BCUT2D eigenvalue weighted by Gasteiger charge is 2.10. The zero-order chi connectivity index (χ0) is 20.2. The van der Waals surface area contributed by atoms with Gasteiger partial charge in [-0.05, 0) is 55.8 Å². The number of amidine groups is 1. The molecule has 6 heteroatoms. The number of benzene rings is 2. The minimum Gasteiger partial charge on any atom is -0.494 e. The van der Waals surface area contributed by atoms with Gasteiger partial charge in [0.15, 0.2) is 6.19 Å². The van der Waals surface area contributed by atoms with Gasteiger partial charge in [-0.1, -0.05) is 36.8 Å². The maximum Gasteiger partial charge on any atom is 0.303 e. The summed E-state index contributed by atoms with van der Waals surface area (Å²) >= 11 is 0. The molecule has 0 aliphatic carbocycles. The molecule has 0 saturated carbocycles. The van der Waals surface area contributed by atoms with E-state index in [4.69, 9.17) is 14.7 Å². The Bertz CT molecular complexity index is 811. The first-order chi connectivity index (χ1) is 14.3. The summed E-state index contributed by atoms with van der Waals surface area (Å²) in [7, 11) is 0. The Kier molecular flexibility index (Phi) is 8.36. The summed E-state index contributed by atoms with van der Waals surface area (Å²) in [5.74, 6) is 1.52. The number of aliphatic imine (C=N–C) groups is 1. The lowest BCUT2D eigenvalue weighted by molar-refractivity contribution is 0.220. The van der Waals surface area contributed by atoms with Crippen LogP contribution < -0.4 is 14.8 Å². The Hall–Kier alpha value is -3.04. The van der Waals surface area contributed by atoms with Gasteiger partial charge in [-0.3, -0.25) is 4.90 Å². The summed E-state index contributed by atoms with van der Waals surface area (Å²) in [5.41, 5.74) is 1.29. The average Bonchev–Trinajstić information content (AvgIpc) is 2.75. The molecule has 0 bridgehead atoms. The van der Waals surface area contributed by atoms with E-state index in [9.17, 15) is 0 Å². The van der Waals surface area contributed by atoms with Crippen LogP contribution in [0.15, 0.2) is 59.6 Å². The fraction of sp³-hybridized carbons (Fsp3) is 0.391. The van der Waals surface area contributed by atoms with E-state index in [1.807, 2.05) is 42.6 Å². The van der Waals surface area contributed by atoms with Crippen molar-refractivity contribution >= 4 is 6.02 Å². The summed E-state index contributed by atoms with van der Waals surface area (Å²) in [6.07, 6.45) is 6.53. The summed E-state index contributed by atoms with van der Waals surface area (Å²) in [5, 5.41) is 11.3. The second kappa shape index (κ2) is 11.7. The number of nitrogens with one attached hydrogen (secondary N) is 1. The molecule has 0 aromatic heterocycles. The Labute approximate surface area is 172 Å². The van der Waals surface area contributed by atoms with Gasteiger partial charge in [0.25, 0.3) is 0 Å². The summed E-state index contributed by atoms with van der Waals surface area (Å²) in [6.45, 7) is 4.42. The SMILES string of the molecule is N#CN/C(=N\CCCOc1cccc(CN2CCCCC2)c1)Oc1ccccc1. The van der Waals surface area contributed by atoms with Crippen molar-refractivity contribution in [3.63, 3.8) is 0 Å². The topological polar surface area (TPSA) is 69.9 Å². The molecule has 6 nitrogen and oxygen atoms in total. The van der Waals surface area contributed by atoms with Gasteiger partial charge in [0, 0.05) is 19.5 Å². The van der Waals surface area contributed by atoms with E-state index < -0.39 is 0 Å². The molecule has 1 N–H and O–H groups in total. The second-order valence-electron chi connectivity index (χ2n) is 7.03. The van der Waals surface area contributed by atoms with Crippen molar-refractivity contribution in [1.82, 2.24) is 10.2 Å². The van der Waals surface area contributed by atoms with Crippen LogP contribution >= 0.6 is 0 Å². The Balaban J connectivity index is 1.42. The van der Waals surface area contributed by atoms with Crippen molar-refractivity contribution < 1.29 is 9.47 Å². The smallest absolute Gasteiger partial charge is 0.303 e. The van der Waals surface area contributed by atoms with Crippen molar-refractivity contribution in [1.29, 1.82) is 5.26 Å². The van der Waals surface area contributed by atoms with Gasteiger partial charge in [-0.25, -0.2) is 10.3 Å². The van der Waals surface area contributed by atoms with E-state index in [0.29, 0.717) is 18.9 Å². The molecule has 29 heavy (non-hydrogen) atoms. The summed E-state index contributed by atoms with van der Waals surface area (Å²) < 4.78 is 11.5. The van der Waals surface area contributed by atoms with Crippen molar-refractivity contribution in [2.24, 2.45) is 4.99 Å². The number of likely N-dealkylation sites (tertiary alicyclic amines) is 1. The van der Waals surface area contributed by atoms with E-state index >= 15 is 0 Å². The molecule has 3 rings (SSSR count). The van der Waals surface area contributed by atoms with Crippen LogP contribution in [0.25, 0.3) is 0 Å². The molecule has 0 spiro atoms. The Morgan fingerprint density at radius 2 is 1.83 bits per heavy atom. The normalized spacial score (nSPS) is 14.8. The van der Waals surface area contributed by atoms with Gasteiger partial charge in [-0.2, -0.15) is 5.26 Å². The molecule has 0 atom stereocenters. The monoisotopic (exact) mass is 392 g/mol. The van der Waals surface area contributed by atoms with Gasteiger partial charge >= 0.3 is 6.02 Å². The van der Waals surface area contributed by atoms with E-state index in [-0.39, 0.29) is 6.02 Å². The van der Waals surface area contributed by atoms with Crippen LogP contribution in [0.5, 0.6) is 11.5 Å². The highest BCUT2D eigenvalue weighted by molar-refractivity contribution is 5.77. The lowest BCUT2D eigenvalue weighted by atomic mass is 10.1. The van der Waals surface area contributed by atoms with E-state index in [1.54, 1.807) is 0 Å². The first-order valence-corrected chi connectivity index (χ1v) is 10.2. The number of hydrogen-bond acceptors (Lipinski definition) is 5. The third-order valence-corrected chi connectivity index (χ3v) is 4.70. The van der Waals surface area contributed by atoms with E-state index in [1.165, 1.54) is 37.9 Å². The third kappa shape index (κ3) is 7.47. The van der Waals surface area contributed by atoms with Gasteiger partial charge in [0.1, 0.15) is 11.5 Å². The zero-order valence-corrected chi connectivity index (χ0v) is 16.7.